The van der Waals surface area contributed by atoms with E-state index >= 15 is 0 Å². The zero-order chi connectivity index (χ0) is 22.9. The summed E-state index contributed by atoms with van der Waals surface area (Å²) in [5.41, 5.74) is 0.516. The third-order valence-electron chi connectivity index (χ3n) is 4.53. The first kappa shape index (κ1) is 21.5. The quantitative estimate of drug-likeness (QED) is 0.508. The number of carbonyl (C=O) groups is 2. The summed E-state index contributed by atoms with van der Waals surface area (Å²) in [5.74, 6) is -1.32. The van der Waals surface area contributed by atoms with Crippen molar-refractivity contribution in [1.82, 2.24) is 4.90 Å². The first-order valence-electron chi connectivity index (χ1n) is 9.23. The van der Waals surface area contributed by atoms with Crippen molar-refractivity contribution in [2.45, 2.75) is 12.9 Å². The summed E-state index contributed by atoms with van der Waals surface area (Å²) < 4.78 is 46.8. The van der Waals surface area contributed by atoms with Crippen LogP contribution in [0, 0.1) is 0 Å². The van der Waals surface area contributed by atoms with Crippen LogP contribution in [0.4, 0.5) is 18.9 Å². The Labute approximate surface area is 184 Å². The number of anilines is 1. The van der Waals surface area contributed by atoms with Crippen molar-refractivity contribution in [3.63, 3.8) is 0 Å². The largest absolute Gasteiger partial charge is 0.573 e. The van der Waals surface area contributed by atoms with Crippen molar-refractivity contribution >= 4 is 34.7 Å². The van der Waals surface area contributed by atoms with Gasteiger partial charge in [0.15, 0.2) is 0 Å². The number of amides is 2. The van der Waals surface area contributed by atoms with E-state index in [-0.39, 0.29) is 23.5 Å². The molecular formula is C22H14ClF3N2O4. The molecule has 0 saturated heterocycles. The van der Waals surface area contributed by atoms with Gasteiger partial charge in [0.1, 0.15) is 17.2 Å². The van der Waals surface area contributed by atoms with Crippen molar-refractivity contribution in [3.05, 3.63) is 89.0 Å². The average molecular weight is 463 g/mol. The second-order valence-corrected chi connectivity index (χ2v) is 7.17. The third kappa shape index (κ3) is 4.62. The highest BCUT2D eigenvalue weighted by Crippen LogP contribution is 2.33. The molecule has 1 aliphatic heterocycles. The van der Waals surface area contributed by atoms with Crippen LogP contribution in [0.1, 0.15) is 11.3 Å². The van der Waals surface area contributed by atoms with Gasteiger partial charge in [-0.05, 0) is 42.0 Å². The molecule has 0 radical (unpaired) electrons. The maximum Gasteiger partial charge on any atom is 0.573 e. The van der Waals surface area contributed by atoms with Gasteiger partial charge in [0.05, 0.1) is 18.4 Å². The normalized spacial score (nSPS) is 14.3. The molecule has 2 aromatic carbocycles. The molecule has 0 aliphatic carbocycles. The Morgan fingerprint density at radius 2 is 1.75 bits per heavy atom. The highest BCUT2D eigenvalue weighted by Gasteiger charge is 2.39. The first-order valence-corrected chi connectivity index (χ1v) is 9.61. The van der Waals surface area contributed by atoms with Gasteiger partial charge in [-0.25, -0.2) is 0 Å². The number of nitrogens with one attached hydrogen (secondary N) is 1. The zero-order valence-corrected chi connectivity index (χ0v) is 16.9. The SMILES string of the molecule is O=C1C(Nc2cccc(OC(F)(F)F)c2)=C(c2ccc(Cl)cc2)C(=O)N1Cc1ccco1. The molecular weight excluding hydrogens is 449 g/mol. The van der Waals surface area contributed by atoms with Gasteiger partial charge in [0.2, 0.25) is 0 Å². The standard InChI is InChI=1S/C22H14ClF3N2O4/c23-14-8-6-13(7-9-14)18-19(21(30)28(20(18)29)12-17-5-2-10-31-17)27-15-3-1-4-16(11-15)32-22(24,25)26/h1-11,27H,12H2. The highest BCUT2D eigenvalue weighted by molar-refractivity contribution is 6.36. The lowest BCUT2D eigenvalue weighted by Crippen LogP contribution is -2.31. The monoisotopic (exact) mass is 462 g/mol. The molecule has 6 nitrogen and oxygen atoms in total. The Morgan fingerprint density at radius 3 is 2.41 bits per heavy atom. The fraction of sp³-hybridized carbons (Fsp3) is 0.0909. The van der Waals surface area contributed by atoms with E-state index in [0.717, 1.165) is 17.0 Å². The smallest absolute Gasteiger partial charge is 0.467 e. The molecule has 0 spiro atoms. The van der Waals surface area contributed by atoms with Crippen LogP contribution in [0.15, 0.2) is 77.0 Å². The molecule has 0 saturated carbocycles. The molecule has 10 heteroatoms. The lowest BCUT2D eigenvalue weighted by molar-refractivity contribution is -0.274. The fourth-order valence-corrected chi connectivity index (χ4v) is 3.32. The number of carbonyl (C=O) groups excluding carboxylic acids is 2. The highest BCUT2D eigenvalue weighted by atomic mass is 35.5. The van der Waals surface area contributed by atoms with Gasteiger partial charge in [-0.15, -0.1) is 13.2 Å². The van der Waals surface area contributed by atoms with Crippen LogP contribution in [-0.4, -0.2) is 23.1 Å². The van der Waals surface area contributed by atoms with Gasteiger partial charge in [0, 0.05) is 16.8 Å². The average Bonchev–Trinajstić information content (AvgIpc) is 3.31. The van der Waals surface area contributed by atoms with Gasteiger partial charge >= 0.3 is 6.36 Å². The van der Waals surface area contributed by atoms with E-state index in [1.54, 1.807) is 36.4 Å². The van der Waals surface area contributed by atoms with Crippen molar-refractivity contribution in [1.29, 1.82) is 0 Å². The Morgan fingerprint density at radius 1 is 1.00 bits per heavy atom. The van der Waals surface area contributed by atoms with Gasteiger partial charge in [0.25, 0.3) is 11.8 Å². The van der Waals surface area contributed by atoms with E-state index in [9.17, 15) is 22.8 Å². The summed E-state index contributed by atoms with van der Waals surface area (Å²) in [5, 5.41) is 3.21. The lowest BCUT2D eigenvalue weighted by atomic mass is 10.0. The van der Waals surface area contributed by atoms with Crippen molar-refractivity contribution < 1.29 is 31.9 Å². The number of benzene rings is 2. The van der Waals surface area contributed by atoms with E-state index in [4.69, 9.17) is 16.0 Å². The molecule has 164 valence electrons. The van der Waals surface area contributed by atoms with Crippen molar-refractivity contribution in [2.75, 3.05) is 5.32 Å². The predicted molar refractivity (Wildman–Crippen MR) is 109 cm³/mol. The molecule has 32 heavy (non-hydrogen) atoms. The number of ether oxygens (including phenoxy) is 1. The Kier molecular flexibility index (Phi) is 5.67. The van der Waals surface area contributed by atoms with Crippen LogP contribution in [0.3, 0.4) is 0 Å². The van der Waals surface area contributed by atoms with E-state index < -0.39 is 23.9 Å². The summed E-state index contributed by atoms with van der Waals surface area (Å²) in [6.45, 7) is -0.107. The number of imide groups is 1. The minimum atomic E-state index is -4.87. The summed E-state index contributed by atoms with van der Waals surface area (Å²) in [4.78, 5) is 27.2. The fourth-order valence-electron chi connectivity index (χ4n) is 3.19. The van der Waals surface area contributed by atoms with Crippen LogP contribution < -0.4 is 10.1 Å². The van der Waals surface area contributed by atoms with E-state index in [1.165, 1.54) is 18.4 Å². The molecule has 0 atom stereocenters. The van der Waals surface area contributed by atoms with Crippen LogP contribution >= 0.6 is 11.6 Å². The number of hydrogen-bond donors (Lipinski definition) is 1. The summed E-state index contributed by atoms with van der Waals surface area (Å²) >= 11 is 5.93. The van der Waals surface area contributed by atoms with Crippen LogP contribution in [0.5, 0.6) is 5.75 Å². The van der Waals surface area contributed by atoms with Crippen molar-refractivity contribution in [2.24, 2.45) is 0 Å². The van der Waals surface area contributed by atoms with Gasteiger partial charge in [-0.1, -0.05) is 29.8 Å². The maximum absolute atomic E-state index is 13.1. The molecule has 0 unspecified atom stereocenters. The van der Waals surface area contributed by atoms with Gasteiger partial charge < -0.3 is 14.5 Å². The van der Waals surface area contributed by atoms with Crippen LogP contribution in [-0.2, 0) is 16.1 Å². The van der Waals surface area contributed by atoms with E-state index in [2.05, 4.69) is 10.1 Å². The van der Waals surface area contributed by atoms with E-state index in [0.29, 0.717) is 16.3 Å². The summed E-state index contributed by atoms with van der Waals surface area (Å²) in [6, 6.07) is 14.5. The van der Waals surface area contributed by atoms with Gasteiger partial charge in [-0.2, -0.15) is 0 Å². The number of rotatable bonds is 6. The topological polar surface area (TPSA) is 71.8 Å². The molecule has 0 fully saturated rings. The van der Waals surface area contributed by atoms with Crippen molar-refractivity contribution in [3.8, 4) is 5.75 Å². The molecule has 2 heterocycles. The number of nitrogens with zero attached hydrogens (tertiary/aromatic N) is 1. The number of hydrogen-bond acceptors (Lipinski definition) is 5. The predicted octanol–water partition coefficient (Wildman–Crippen LogP) is 5.22. The minimum absolute atomic E-state index is 0.0559. The van der Waals surface area contributed by atoms with Crippen LogP contribution in [0.25, 0.3) is 5.57 Å². The minimum Gasteiger partial charge on any atom is -0.467 e. The van der Waals surface area contributed by atoms with E-state index in [1.807, 2.05) is 0 Å². The lowest BCUT2D eigenvalue weighted by Gasteiger charge is -2.14. The summed E-state index contributed by atoms with van der Waals surface area (Å²) in [7, 11) is 0. The molecule has 1 aromatic heterocycles. The molecule has 2 amide bonds. The molecule has 1 aliphatic rings. The molecule has 4 rings (SSSR count). The third-order valence-corrected chi connectivity index (χ3v) is 4.78. The second-order valence-electron chi connectivity index (χ2n) is 6.73. The number of halogens is 4. The zero-order valence-electron chi connectivity index (χ0n) is 16.2. The Bertz CT molecular complexity index is 1190. The first-order chi connectivity index (χ1) is 15.2. The Hall–Kier alpha value is -3.72. The molecule has 3 aromatic rings. The maximum atomic E-state index is 13.1. The number of alkyl halides is 3. The van der Waals surface area contributed by atoms with Gasteiger partial charge in [-0.3, -0.25) is 14.5 Å². The molecule has 0 bridgehead atoms. The Balaban J connectivity index is 1.71. The van der Waals surface area contributed by atoms with Crippen LogP contribution in [0.2, 0.25) is 5.02 Å². The number of furan rings is 1. The molecule has 1 N–H and O–H groups in total. The summed E-state index contributed by atoms with van der Waals surface area (Å²) in [6.07, 6.45) is -3.45. The second kappa shape index (κ2) is 8.43.